The van der Waals surface area contributed by atoms with Gasteiger partial charge in [0.2, 0.25) is 0 Å². The Morgan fingerprint density at radius 1 is 1.08 bits per heavy atom. The van der Waals surface area contributed by atoms with Crippen molar-refractivity contribution in [3.8, 4) is 16.3 Å². The largest absolute Gasteiger partial charge is 0.496 e. The summed E-state index contributed by atoms with van der Waals surface area (Å²) < 4.78 is 5.42. The van der Waals surface area contributed by atoms with Gasteiger partial charge in [0.25, 0.3) is 0 Å². The van der Waals surface area contributed by atoms with Gasteiger partial charge in [-0.25, -0.2) is 4.98 Å². The summed E-state index contributed by atoms with van der Waals surface area (Å²) in [5.41, 5.74) is 3.44. The van der Waals surface area contributed by atoms with E-state index < -0.39 is 0 Å². The van der Waals surface area contributed by atoms with Crippen molar-refractivity contribution in [2.24, 2.45) is 0 Å². The van der Waals surface area contributed by atoms with Crippen LogP contribution in [0.5, 0.6) is 5.75 Å². The molecule has 124 valence electrons. The highest BCUT2D eigenvalue weighted by Crippen LogP contribution is 2.32. The van der Waals surface area contributed by atoms with E-state index in [9.17, 15) is 0 Å². The molecular formula is C20H22N2OS. The number of nitrogens with one attached hydrogen (secondary N) is 1. The monoisotopic (exact) mass is 338 g/mol. The number of aromatic nitrogens is 1. The second kappa shape index (κ2) is 7.60. The number of nitrogens with zero attached hydrogens (tertiary/aromatic N) is 1. The molecule has 1 aromatic heterocycles. The lowest BCUT2D eigenvalue weighted by Crippen LogP contribution is -2.18. The summed E-state index contributed by atoms with van der Waals surface area (Å²) in [6, 6.07) is 18.7. The van der Waals surface area contributed by atoms with E-state index in [4.69, 9.17) is 9.72 Å². The highest BCUT2D eigenvalue weighted by Gasteiger charge is 2.15. The Hall–Kier alpha value is -2.17. The minimum atomic E-state index is 0.241. The number of aryl methyl sites for hydroxylation is 1. The molecule has 2 aromatic carbocycles. The molecule has 3 rings (SSSR count). The number of hydrogen-bond acceptors (Lipinski definition) is 4. The molecule has 0 spiro atoms. The van der Waals surface area contributed by atoms with Crippen LogP contribution in [0.4, 0.5) is 0 Å². The minimum absolute atomic E-state index is 0.241. The second-order valence-electron chi connectivity index (χ2n) is 5.75. The molecule has 1 N–H and O–H groups in total. The van der Waals surface area contributed by atoms with Gasteiger partial charge in [-0.2, -0.15) is 0 Å². The number of ether oxygens (including phenoxy) is 1. The lowest BCUT2D eigenvalue weighted by molar-refractivity contribution is 0.406. The Kier molecular flexibility index (Phi) is 5.28. The molecule has 4 heteroatoms. The van der Waals surface area contributed by atoms with Crippen LogP contribution in [0.15, 0.2) is 54.6 Å². The number of hydrogen-bond donors (Lipinski definition) is 1. The van der Waals surface area contributed by atoms with E-state index in [0.29, 0.717) is 0 Å². The van der Waals surface area contributed by atoms with Gasteiger partial charge in [0.1, 0.15) is 10.8 Å². The topological polar surface area (TPSA) is 34.1 Å². The van der Waals surface area contributed by atoms with Gasteiger partial charge in [0.05, 0.1) is 12.8 Å². The summed E-state index contributed by atoms with van der Waals surface area (Å²) in [5, 5.41) is 4.66. The van der Waals surface area contributed by atoms with Crippen LogP contribution < -0.4 is 10.1 Å². The molecular weight excluding hydrogens is 316 g/mol. The number of rotatable bonds is 6. The van der Waals surface area contributed by atoms with Gasteiger partial charge in [-0.1, -0.05) is 48.5 Å². The Morgan fingerprint density at radius 3 is 2.54 bits per heavy atom. The van der Waals surface area contributed by atoms with Crippen LogP contribution in [0.2, 0.25) is 0 Å². The first-order valence-electron chi connectivity index (χ1n) is 8.07. The van der Waals surface area contributed by atoms with Crippen molar-refractivity contribution in [3.05, 3.63) is 70.7 Å². The highest BCUT2D eigenvalue weighted by atomic mass is 32.1. The van der Waals surface area contributed by atoms with E-state index in [2.05, 4.69) is 49.5 Å². The van der Waals surface area contributed by atoms with E-state index in [1.54, 1.807) is 18.4 Å². The first kappa shape index (κ1) is 16.7. The van der Waals surface area contributed by atoms with Crippen molar-refractivity contribution in [3.63, 3.8) is 0 Å². The maximum absolute atomic E-state index is 5.42. The first-order chi connectivity index (χ1) is 11.7. The molecule has 0 aliphatic rings. The van der Waals surface area contributed by atoms with Gasteiger partial charge in [0.15, 0.2) is 0 Å². The summed E-state index contributed by atoms with van der Waals surface area (Å²) >= 11 is 1.76. The molecule has 1 heterocycles. The van der Waals surface area contributed by atoms with Gasteiger partial charge in [-0.15, -0.1) is 11.3 Å². The maximum atomic E-state index is 5.42. The van der Waals surface area contributed by atoms with Crippen LogP contribution in [-0.2, 0) is 6.54 Å². The summed E-state index contributed by atoms with van der Waals surface area (Å²) in [7, 11) is 1.71. The number of methoxy groups -OCH3 is 1. The maximum Gasteiger partial charge on any atom is 0.123 e. The smallest absolute Gasteiger partial charge is 0.123 e. The molecule has 0 fully saturated rings. The number of benzene rings is 2. The quantitative estimate of drug-likeness (QED) is 0.688. The fourth-order valence-electron chi connectivity index (χ4n) is 2.72. The normalized spacial score (nSPS) is 12.1. The Balaban J connectivity index is 1.74. The third kappa shape index (κ3) is 3.66. The standard InChI is InChI=1S/C20H22N2OS/c1-14(21-13-17-11-7-8-12-18(17)23-3)19-15(2)22-20(24-19)16-9-5-4-6-10-16/h4-12,14,21H,13H2,1-3H3. The van der Waals surface area contributed by atoms with Gasteiger partial charge in [-0.3, -0.25) is 0 Å². The highest BCUT2D eigenvalue weighted by molar-refractivity contribution is 7.15. The average molecular weight is 338 g/mol. The van der Waals surface area contributed by atoms with Crippen molar-refractivity contribution in [2.75, 3.05) is 7.11 Å². The lowest BCUT2D eigenvalue weighted by Gasteiger charge is -2.14. The van der Waals surface area contributed by atoms with Crippen molar-refractivity contribution < 1.29 is 4.74 Å². The third-order valence-electron chi connectivity index (χ3n) is 4.04. The van der Waals surface area contributed by atoms with Crippen LogP contribution >= 0.6 is 11.3 Å². The fourth-order valence-corrected chi connectivity index (χ4v) is 3.82. The summed E-state index contributed by atoms with van der Waals surface area (Å²) in [5.74, 6) is 0.920. The van der Waals surface area contributed by atoms with Gasteiger partial charge in [0, 0.05) is 28.6 Å². The Labute approximate surface area is 147 Å². The Morgan fingerprint density at radius 2 is 1.79 bits per heavy atom. The van der Waals surface area contributed by atoms with E-state index >= 15 is 0 Å². The molecule has 0 saturated heterocycles. The molecule has 0 aliphatic carbocycles. The molecule has 0 saturated carbocycles. The van der Waals surface area contributed by atoms with E-state index in [-0.39, 0.29) is 6.04 Å². The number of thiazole rings is 1. The van der Waals surface area contributed by atoms with E-state index in [0.717, 1.165) is 28.6 Å². The Bertz CT molecular complexity index is 798. The third-order valence-corrected chi connectivity index (χ3v) is 5.43. The molecule has 0 aliphatic heterocycles. The van der Waals surface area contributed by atoms with Gasteiger partial charge < -0.3 is 10.1 Å². The zero-order valence-corrected chi connectivity index (χ0v) is 15.1. The van der Waals surface area contributed by atoms with Crippen molar-refractivity contribution >= 4 is 11.3 Å². The predicted octanol–water partition coefficient (Wildman–Crippen LogP) is 4.98. The molecule has 3 aromatic rings. The molecule has 1 unspecified atom stereocenters. The zero-order valence-electron chi connectivity index (χ0n) is 14.2. The zero-order chi connectivity index (χ0) is 16.9. The predicted molar refractivity (Wildman–Crippen MR) is 101 cm³/mol. The van der Waals surface area contributed by atoms with Crippen LogP contribution in [0.1, 0.15) is 29.1 Å². The van der Waals surface area contributed by atoms with Gasteiger partial charge in [-0.05, 0) is 19.9 Å². The van der Waals surface area contributed by atoms with Crippen molar-refractivity contribution in [1.82, 2.24) is 10.3 Å². The van der Waals surface area contributed by atoms with E-state index in [1.807, 2.05) is 24.3 Å². The molecule has 1 atom stereocenters. The summed E-state index contributed by atoms with van der Waals surface area (Å²) in [6.45, 7) is 5.04. The molecule has 24 heavy (non-hydrogen) atoms. The van der Waals surface area contributed by atoms with Crippen LogP contribution in [0.3, 0.4) is 0 Å². The van der Waals surface area contributed by atoms with Crippen molar-refractivity contribution in [2.45, 2.75) is 26.4 Å². The van der Waals surface area contributed by atoms with E-state index in [1.165, 1.54) is 10.4 Å². The first-order valence-corrected chi connectivity index (χ1v) is 8.88. The van der Waals surface area contributed by atoms with Crippen molar-refractivity contribution in [1.29, 1.82) is 0 Å². The second-order valence-corrected chi connectivity index (χ2v) is 6.78. The minimum Gasteiger partial charge on any atom is -0.496 e. The fraction of sp³-hybridized carbons (Fsp3) is 0.250. The van der Waals surface area contributed by atoms with Crippen LogP contribution in [0.25, 0.3) is 10.6 Å². The molecule has 0 bridgehead atoms. The summed E-state index contributed by atoms with van der Waals surface area (Å²) in [4.78, 5) is 6.03. The molecule has 0 radical (unpaired) electrons. The lowest BCUT2D eigenvalue weighted by atomic mass is 10.1. The number of para-hydroxylation sites is 1. The van der Waals surface area contributed by atoms with Crippen LogP contribution in [0, 0.1) is 6.92 Å². The molecule has 0 amide bonds. The van der Waals surface area contributed by atoms with Gasteiger partial charge >= 0.3 is 0 Å². The summed E-state index contributed by atoms with van der Waals surface area (Å²) in [6.07, 6.45) is 0. The SMILES string of the molecule is COc1ccccc1CNC(C)c1sc(-c2ccccc2)nc1C. The average Bonchev–Trinajstić information content (AvgIpc) is 3.02. The molecule has 3 nitrogen and oxygen atoms in total. The van der Waals surface area contributed by atoms with Crippen LogP contribution in [-0.4, -0.2) is 12.1 Å².